The molecule has 22 heavy (non-hydrogen) atoms. The molecule has 118 valence electrons. The van der Waals surface area contributed by atoms with Gasteiger partial charge in [0.1, 0.15) is 6.20 Å². The van der Waals surface area contributed by atoms with Gasteiger partial charge in [0.25, 0.3) is 0 Å². The lowest BCUT2D eigenvalue weighted by Gasteiger charge is -2.37. The zero-order valence-corrected chi connectivity index (χ0v) is 12.5. The molecule has 0 radical (unpaired) electrons. The van der Waals surface area contributed by atoms with Crippen LogP contribution in [0.3, 0.4) is 0 Å². The first kappa shape index (κ1) is 13.9. The lowest BCUT2D eigenvalue weighted by molar-refractivity contribution is -0.544. The molecule has 0 amide bonds. The number of morpholine rings is 1. The summed E-state index contributed by atoms with van der Waals surface area (Å²) in [6.45, 7) is 5.31. The van der Waals surface area contributed by atoms with E-state index >= 15 is 0 Å². The van der Waals surface area contributed by atoms with Crippen molar-refractivity contribution in [3.8, 4) is 0 Å². The van der Waals surface area contributed by atoms with E-state index in [0.29, 0.717) is 5.65 Å². The highest BCUT2D eigenvalue weighted by Gasteiger charge is 2.35. The zero-order chi connectivity index (χ0) is 14.9. The Morgan fingerprint density at radius 3 is 2.68 bits per heavy atom. The number of hydrogen-bond acceptors (Lipinski definition) is 5. The van der Waals surface area contributed by atoms with Crippen LogP contribution >= 0.6 is 0 Å². The summed E-state index contributed by atoms with van der Waals surface area (Å²) in [5.74, 6) is 0. The second-order valence-electron chi connectivity index (χ2n) is 5.85. The minimum Gasteiger partial charge on any atom is -0.379 e. The standard InChI is InChI=1S/C14H21N6O2/c21-20-13-12(4-3-5-15-13)19(16-20)14(17-6-1-2-7-17)18-8-10-22-11-9-18/h3-5,14H,1-2,6-11H2,(H,16,21)/q+1. The van der Waals surface area contributed by atoms with Gasteiger partial charge < -0.3 is 4.74 Å². The maximum Gasteiger partial charge on any atom is 0.367 e. The number of nitrogens with zero attached hydrogens (tertiary/aromatic N) is 5. The van der Waals surface area contributed by atoms with Gasteiger partial charge in [0, 0.05) is 26.2 Å². The lowest BCUT2D eigenvalue weighted by Crippen LogP contribution is -2.49. The largest absolute Gasteiger partial charge is 0.379 e. The molecule has 2 fully saturated rings. The molecule has 2 aliphatic rings. The number of ether oxygens (including phenoxy) is 1. The van der Waals surface area contributed by atoms with Gasteiger partial charge in [0.2, 0.25) is 11.8 Å². The van der Waals surface area contributed by atoms with Crippen LogP contribution in [0.1, 0.15) is 19.1 Å². The molecule has 4 heterocycles. The lowest BCUT2D eigenvalue weighted by atomic mass is 10.4. The molecule has 8 heteroatoms. The van der Waals surface area contributed by atoms with Crippen molar-refractivity contribution in [1.29, 1.82) is 0 Å². The topological polar surface area (TPSA) is 72.3 Å². The summed E-state index contributed by atoms with van der Waals surface area (Å²) in [4.78, 5) is 21.1. The molecule has 1 unspecified atom stereocenters. The zero-order valence-electron chi connectivity index (χ0n) is 12.5. The Labute approximate surface area is 127 Å². The van der Waals surface area contributed by atoms with Crippen LogP contribution < -0.4 is 4.54 Å². The molecule has 0 aliphatic carbocycles. The molecule has 1 N–H and O–H groups in total. The minimum absolute atomic E-state index is 0.0216. The van der Waals surface area contributed by atoms with E-state index in [2.05, 4.69) is 20.0 Å². The Bertz CT molecular complexity index is 699. The molecule has 2 aliphatic heterocycles. The third-order valence-electron chi connectivity index (χ3n) is 4.49. The van der Waals surface area contributed by atoms with Crippen LogP contribution in [0.4, 0.5) is 0 Å². The normalized spacial score (nSPS) is 22.4. The number of H-pyrrole nitrogens is 1. The van der Waals surface area contributed by atoms with E-state index in [-0.39, 0.29) is 6.29 Å². The molecular weight excluding hydrogens is 284 g/mol. The molecular formula is C14H21N6O2+. The van der Waals surface area contributed by atoms with Crippen molar-refractivity contribution in [3.05, 3.63) is 23.2 Å². The molecule has 2 aromatic rings. The predicted molar refractivity (Wildman–Crippen MR) is 79.7 cm³/mol. The van der Waals surface area contributed by atoms with Gasteiger partial charge in [0.05, 0.1) is 17.8 Å². The highest BCUT2D eigenvalue weighted by molar-refractivity contribution is 5.65. The first-order chi connectivity index (χ1) is 10.8. The smallest absolute Gasteiger partial charge is 0.367 e. The van der Waals surface area contributed by atoms with Crippen LogP contribution in [0.25, 0.3) is 11.2 Å². The van der Waals surface area contributed by atoms with Crippen LogP contribution in [-0.4, -0.2) is 64.1 Å². The molecule has 0 spiro atoms. The average molecular weight is 305 g/mol. The van der Waals surface area contributed by atoms with Crippen molar-refractivity contribution >= 4 is 11.2 Å². The van der Waals surface area contributed by atoms with Crippen molar-refractivity contribution in [3.63, 3.8) is 0 Å². The summed E-state index contributed by atoms with van der Waals surface area (Å²) in [6, 6.07) is 3.81. The van der Waals surface area contributed by atoms with E-state index in [1.165, 1.54) is 12.8 Å². The highest BCUT2D eigenvalue weighted by Crippen LogP contribution is 2.25. The van der Waals surface area contributed by atoms with Gasteiger partial charge in [-0.2, -0.15) is 4.68 Å². The second-order valence-corrected chi connectivity index (χ2v) is 5.85. The Morgan fingerprint density at radius 2 is 1.91 bits per heavy atom. The molecule has 0 bridgehead atoms. The molecule has 0 saturated carbocycles. The van der Waals surface area contributed by atoms with Crippen molar-refractivity contribution in [1.82, 2.24) is 24.7 Å². The highest BCUT2D eigenvalue weighted by atomic mass is 16.5. The van der Waals surface area contributed by atoms with Crippen LogP contribution in [0.2, 0.25) is 0 Å². The van der Waals surface area contributed by atoms with E-state index < -0.39 is 0 Å². The van der Waals surface area contributed by atoms with Gasteiger partial charge in [-0.05, 0) is 25.0 Å². The number of aromatic amines is 1. The monoisotopic (exact) mass is 305 g/mol. The number of nitrogens with one attached hydrogen (secondary N) is 1. The second kappa shape index (κ2) is 5.79. The summed E-state index contributed by atoms with van der Waals surface area (Å²) in [7, 11) is 0. The summed E-state index contributed by atoms with van der Waals surface area (Å²) in [5, 5.41) is 2.92. The number of hydrogen-bond donors (Lipinski definition) is 1. The fourth-order valence-electron chi connectivity index (χ4n) is 3.45. The van der Waals surface area contributed by atoms with Crippen molar-refractivity contribution in [2.45, 2.75) is 19.1 Å². The Morgan fingerprint density at radius 1 is 1.18 bits per heavy atom. The van der Waals surface area contributed by atoms with E-state index in [1.807, 2.05) is 16.8 Å². The fraction of sp³-hybridized carbons (Fsp3) is 0.643. The fourth-order valence-corrected chi connectivity index (χ4v) is 3.45. The first-order valence-electron chi connectivity index (χ1n) is 7.88. The predicted octanol–water partition coefficient (Wildman–Crippen LogP) is 0.163. The van der Waals surface area contributed by atoms with Gasteiger partial charge in [-0.1, -0.05) is 10.1 Å². The number of likely N-dealkylation sites (tertiary alicyclic amines) is 1. The van der Waals surface area contributed by atoms with Gasteiger partial charge in [0.15, 0.2) is 0 Å². The number of fused-ring (bicyclic) bond motifs is 1. The first-order valence-corrected chi connectivity index (χ1v) is 7.88. The minimum atomic E-state index is 0.0216. The quantitative estimate of drug-likeness (QED) is 0.818. The summed E-state index contributed by atoms with van der Waals surface area (Å²) < 4.78 is 8.18. The van der Waals surface area contributed by atoms with Gasteiger partial charge >= 0.3 is 5.65 Å². The van der Waals surface area contributed by atoms with Crippen LogP contribution in [-0.2, 0) is 4.74 Å². The number of pyridine rings is 1. The van der Waals surface area contributed by atoms with Crippen molar-refractivity contribution in [2.24, 2.45) is 0 Å². The van der Waals surface area contributed by atoms with E-state index in [1.54, 1.807) is 6.20 Å². The molecule has 1 atom stereocenters. The van der Waals surface area contributed by atoms with Crippen LogP contribution in [0.15, 0.2) is 18.3 Å². The maximum absolute atomic E-state index is 12.1. The van der Waals surface area contributed by atoms with E-state index in [4.69, 9.17) is 4.74 Å². The third kappa shape index (κ3) is 2.33. The van der Waals surface area contributed by atoms with E-state index in [0.717, 1.165) is 49.5 Å². The Hall–Kier alpha value is -1.77. The SMILES string of the molecule is O=[n+]1[nH]n(C(N2CCCC2)N2CCOCC2)c2cccnc21. The summed E-state index contributed by atoms with van der Waals surface area (Å²) in [6.07, 6.45) is 4.08. The van der Waals surface area contributed by atoms with Crippen LogP contribution in [0, 0.1) is 4.91 Å². The average Bonchev–Trinajstić information content (AvgIpc) is 3.19. The van der Waals surface area contributed by atoms with Crippen molar-refractivity contribution in [2.75, 3.05) is 39.4 Å². The Kier molecular flexibility index (Phi) is 3.65. The third-order valence-corrected chi connectivity index (χ3v) is 4.49. The summed E-state index contributed by atoms with van der Waals surface area (Å²) >= 11 is 0. The molecule has 4 rings (SSSR count). The van der Waals surface area contributed by atoms with Gasteiger partial charge in [-0.15, -0.1) is 4.98 Å². The van der Waals surface area contributed by atoms with Crippen LogP contribution in [0.5, 0.6) is 0 Å². The molecule has 2 aromatic heterocycles. The van der Waals surface area contributed by atoms with Gasteiger partial charge in [-0.3, -0.25) is 9.80 Å². The number of rotatable bonds is 3. The van der Waals surface area contributed by atoms with Gasteiger partial charge in [-0.25, -0.2) is 0 Å². The molecule has 2 saturated heterocycles. The number of aromatic nitrogens is 4. The van der Waals surface area contributed by atoms with Crippen molar-refractivity contribution < 1.29 is 9.28 Å². The van der Waals surface area contributed by atoms with E-state index in [9.17, 15) is 4.91 Å². The maximum atomic E-state index is 12.1. The molecule has 8 nitrogen and oxygen atoms in total. The molecule has 0 aromatic carbocycles. The summed E-state index contributed by atoms with van der Waals surface area (Å²) in [5.41, 5.74) is 1.26. The Balaban J connectivity index is 1.79.